The van der Waals surface area contributed by atoms with Crippen LogP contribution in [0.2, 0.25) is 0 Å². The minimum atomic E-state index is -0.212. The van der Waals surface area contributed by atoms with Crippen molar-refractivity contribution in [2.24, 2.45) is 7.05 Å². The summed E-state index contributed by atoms with van der Waals surface area (Å²) >= 11 is 0. The topological polar surface area (TPSA) is 17.0 Å². The number of pyridine rings is 1. The van der Waals surface area contributed by atoms with Crippen molar-refractivity contribution in [3.63, 3.8) is 0 Å². The van der Waals surface area contributed by atoms with Crippen LogP contribution in [-0.2, 0) is 7.05 Å². The van der Waals surface area contributed by atoms with Crippen molar-refractivity contribution >= 4 is 21.9 Å². The maximum absolute atomic E-state index is 14.4. The quantitative estimate of drug-likeness (QED) is 0.319. The molecule has 0 aliphatic carbocycles. The number of hydrogen-bond acceptors (Lipinski definition) is 1. The van der Waals surface area contributed by atoms with E-state index in [9.17, 15) is 4.39 Å². The Bertz CT molecular complexity index is 1380. The van der Waals surface area contributed by atoms with E-state index in [1.54, 1.807) is 13.0 Å². The minimum absolute atomic E-state index is 0.212. The highest BCUT2D eigenvalue weighted by Gasteiger charge is 2.23. The lowest BCUT2D eigenvalue weighted by Gasteiger charge is -2.06. The van der Waals surface area contributed by atoms with Gasteiger partial charge in [0.1, 0.15) is 24.0 Å². The number of halogens is 1. The van der Waals surface area contributed by atoms with Crippen LogP contribution >= 0.6 is 0 Å². The van der Waals surface area contributed by atoms with Crippen LogP contribution < -0.4 is 4.57 Å². The lowest BCUT2D eigenvalue weighted by atomic mass is 9.99. The van der Waals surface area contributed by atoms with E-state index >= 15 is 0 Å². The van der Waals surface area contributed by atoms with Crippen LogP contribution in [-0.4, -0.2) is 0 Å². The van der Waals surface area contributed by atoms with Gasteiger partial charge in [0.2, 0.25) is 5.69 Å². The highest BCUT2D eigenvalue weighted by Crippen LogP contribution is 2.40. The van der Waals surface area contributed by atoms with Gasteiger partial charge in [-0.25, -0.2) is 8.96 Å². The minimum Gasteiger partial charge on any atom is -0.454 e. The molecule has 0 N–H and O–H groups in total. The van der Waals surface area contributed by atoms with Crippen LogP contribution in [0.15, 0.2) is 77.3 Å². The van der Waals surface area contributed by atoms with E-state index < -0.39 is 0 Å². The summed E-state index contributed by atoms with van der Waals surface area (Å²) in [5, 5.41) is 2.11. The van der Waals surface area contributed by atoms with Crippen molar-refractivity contribution in [2.45, 2.75) is 13.8 Å². The van der Waals surface area contributed by atoms with Gasteiger partial charge in [0.15, 0.2) is 6.20 Å². The third-order valence-corrected chi connectivity index (χ3v) is 5.62. The average Bonchev–Trinajstić information content (AvgIpc) is 3.10. The fourth-order valence-electron chi connectivity index (χ4n) is 4.13. The predicted octanol–water partition coefficient (Wildman–Crippen LogP) is 6.50. The molecule has 2 nitrogen and oxygen atoms in total. The van der Waals surface area contributed by atoms with E-state index in [0.717, 1.165) is 49.9 Å². The average molecular weight is 382 g/mol. The summed E-state index contributed by atoms with van der Waals surface area (Å²) in [5.74, 6) is -0.212. The molecule has 3 aromatic carbocycles. The lowest BCUT2D eigenvalue weighted by molar-refractivity contribution is -0.661. The fraction of sp³-hybridized carbons (Fsp3) is 0.115. The molecule has 0 radical (unpaired) electrons. The number of aryl methyl sites for hydroxylation is 3. The summed E-state index contributed by atoms with van der Waals surface area (Å²) in [7, 11) is 1.94. The second kappa shape index (κ2) is 6.56. The van der Waals surface area contributed by atoms with E-state index in [2.05, 4.69) is 42.5 Å². The van der Waals surface area contributed by atoms with Gasteiger partial charge in [-0.3, -0.25) is 0 Å². The second-order valence-corrected chi connectivity index (χ2v) is 7.59. The Morgan fingerprint density at radius 2 is 1.55 bits per heavy atom. The summed E-state index contributed by atoms with van der Waals surface area (Å²) in [6.07, 6.45) is 1.82. The number of rotatable bonds is 2. The van der Waals surface area contributed by atoms with Crippen molar-refractivity contribution in [3.05, 3.63) is 89.9 Å². The third kappa shape index (κ3) is 2.73. The summed E-state index contributed by atoms with van der Waals surface area (Å²) < 4.78 is 22.9. The SMILES string of the molecule is Cc1c[n+](C)c(-c2c(C)ccc3c2oc2c(-c4ccccc4)cccc23)cc1F. The Morgan fingerprint density at radius 1 is 0.793 bits per heavy atom. The number of para-hydroxylation sites is 1. The molecule has 3 heteroatoms. The van der Waals surface area contributed by atoms with Crippen molar-refractivity contribution in [2.75, 3.05) is 0 Å². The van der Waals surface area contributed by atoms with Gasteiger partial charge >= 0.3 is 0 Å². The Balaban J connectivity index is 1.88. The zero-order chi connectivity index (χ0) is 20.1. The van der Waals surface area contributed by atoms with Gasteiger partial charge in [0.25, 0.3) is 0 Å². The van der Waals surface area contributed by atoms with Gasteiger partial charge in [-0.15, -0.1) is 0 Å². The fourth-order valence-corrected chi connectivity index (χ4v) is 4.13. The summed E-state index contributed by atoms with van der Waals surface area (Å²) in [6, 6.07) is 22.2. The van der Waals surface area contributed by atoms with Gasteiger partial charge in [-0.2, -0.15) is 0 Å². The Hall–Kier alpha value is -3.46. The van der Waals surface area contributed by atoms with Gasteiger partial charge in [0.05, 0.1) is 5.56 Å². The molecule has 0 fully saturated rings. The van der Waals surface area contributed by atoms with Gasteiger partial charge in [-0.05, 0) is 25.0 Å². The number of nitrogens with zero attached hydrogens (tertiary/aromatic N) is 1. The van der Waals surface area contributed by atoms with Crippen molar-refractivity contribution < 1.29 is 13.4 Å². The number of benzene rings is 3. The number of furan rings is 1. The predicted molar refractivity (Wildman–Crippen MR) is 115 cm³/mol. The zero-order valence-corrected chi connectivity index (χ0v) is 16.7. The van der Waals surface area contributed by atoms with Crippen LogP contribution in [0.3, 0.4) is 0 Å². The molecule has 0 spiro atoms. The molecule has 2 heterocycles. The molecule has 0 aliphatic rings. The Labute approximate surface area is 168 Å². The molecule has 142 valence electrons. The first-order valence-corrected chi connectivity index (χ1v) is 9.71. The van der Waals surface area contributed by atoms with Gasteiger partial charge in [0, 0.05) is 28.0 Å². The largest absolute Gasteiger partial charge is 0.454 e. The first-order valence-electron chi connectivity index (χ1n) is 9.71. The monoisotopic (exact) mass is 382 g/mol. The molecule has 0 bridgehead atoms. The zero-order valence-electron chi connectivity index (χ0n) is 16.7. The third-order valence-electron chi connectivity index (χ3n) is 5.62. The Kier molecular flexibility index (Phi) is 3.99. The van der Waals surface area contributed by atoms with Crippen LogP contribution in [0.5, 0.6) is 0 Å². The highest BCUT2D eigenvalue weighted by molar-refractivity contribution is 6.13. The summed E-state index contributed by atoms with van der Waals surface area (Å²) in [4.78, 5) is 0. The summed E-state index contributed by atoms with van der Waals surface area (Å²) in [6.45, 7) is 3.82. The first-order chi connectivity index (χ1) is 14.0. The molecule has 5 rings (SSSR count). The summed E-state index contributed by atoms with van der Waals surface area (Å²) in [5.41, 5.74) is 7.23. The maximum Gasteiger partial charge on any atom is 0.219 e. The molecule has 0 unspecified atom stereocenters. The number of aromatic nitrogens is 1. The van der Waals surface area contributed by atoms with Gasteiger partial charge < -0.3 is 4.42 Å². The van der Waals surface area contributed by atoms with Crippen molar-refractivity contribution in [1.82, 2.24) is 0 Å². The molecule has 0 saturated carbocycles. The molecule has 0 amide bonds. The molecule has 0 saturated heterocycles. The standard InChI is InChI=1S/C26H21FNO/c1-16-12-13-21-20-11-7-10-19(18-8-5-4-6-9-18)25(20)29-26(21)24(16)23-14-22(27)17(2)15-28(23)3/h4-15H,1-3H3/q+1. The number of hydrogen-bond donors (Lipinski definition) is 0. The van der Waals surface area contributed by atoms with E-state index in [1.165, 1.54) is 0 Å². The molecule has 29 heavy (non-hydrogen) atoms. The Morgan fingerprint density at radius 3 is 2.34 bits per heavy atom. The smallest absolute Gasteiger partial charge is 0.219 e. The van der Waals surface area contributed by atoms with E-state index in [-0.39, 0.29) is 5.82 Å². The normalized spacial score (nSPS) is 11.4. The van der Waals surface area contributed by atoms with Crippen LogP contribution in [0.25, 0.3) is 44.3 Å². The van der Waals surface area contributed by atoms with Crippen LogP contribution in [0.4, 0.5) is 4.39 Å². The highest BCUT2D eigenvalue weighted by atomic mass is 19.1. The van der Waals surface area contributed by atoms with E-state index in [1.807, 2.05) is 42.9 Å². The molecular formula is C26H21FNO+. The van der Waals surface area contributed by atoms with Crippen LogP contribution in [0.1, 0.15) is 11.1 Å². The molecule has 0 atom stereocenters. The van der Waals surface area contributed by atoms with Crippen molar-refractivity contribution in [3.8, 4) is 22.4 Å². The lowest BCUT2D eigenvalue weighted by Crippen LogP contribution is -2.31. The van der Waals surface area contributed by atoms with E-state index in [4.69, 9.17) is 4.42 Å². The molecule has 2 aromatic heterocycles. The maximum atomic E-state index is 14.4. The van der Waals surface area contributed by atoms with Gasteiger partial charge in [-0.1, -0.05) is 60.7 Å². The molecule has 5 aromatic rings. The van der Waals surface area contributed by atoms with Crippen molar-refractivity contribution in [1.29, 1.82) is 0 Å². The molecule has 0 aliphatic heterocycles. The number of fused-ring (bicyclic) bond motifs is 3. The molecular weight excluding hydrogens is 361 g/mol. The van der Waals surface area contributed by atoms with Crippen LogP contribution in [0, 0.1) is 19.7 Å². The first kappa shape index (κ1) is 17.6. The second-order valence-electron chi connectivity index (χ2n) is 7.59. The van der Waals surface area contributed by atoms with E-state index in [0.29, 0.717) is 5.56 Å².